The van der Waals surface area contributed by atoms with Crippen LogP contribution in [0.3, 0.4) is 0 Å². The number of halogens is 1. The third-order valence-electron chi connectivity index (χ3n) is 2.83. The van der Waals surface area contributed by atoms with Crippen LogP contribution in [0.25, 0.3) is 0 Å². The quantitative estimate of drug-likeness (QED) is 0.591. The predicted octanol–water partition coefficient (Wildman–Crippen LogP) is 3.10. The maximum atomic E-state index is 11.6. The highest BCUT2D eigenvalue weighted by Crippen LogP contribution is 2.19. The predicted molar refractivity (Wildman–Crippen MR) is 92.3 cm³/mol. The molecule has 0 fully saturated rings. The second-order valence-electron chi connectivity index (χ2n) is 5.91. The van der Waals surface area contributed by atoms with Gasteiger partial charge in [-0.2, -0.15) is 0 Å². The van der Waals surface area contributed by atoms with Gasteiger partial charge in [-0.05, 0) is 24.3 Å². The molecule has 0 aliphatic heterocycles. The van der Waals surface area contributed by atoms with Crippen molar-refractivity contribution in [3.05, 3.63) is 29.3 Å². The van der Waals surface area contributed by atoms with Crippen molar-refractivity contribution in [2.75, 3.05) is 18.8 Å². The van der Waals surface area contributed by atoms with Crippen molar-refractivity contribution in [1.29, 1.82) is 0 Å². The highest BCUT2D eigenvalue weighted by molar-refractivity contribution is 7.99. The second-order valence-corrected chi connectivity index (χ2v) is 7.51. The summed E-state index contributed by atoms with van der Waals surface area (Å²) in [5, 5.41) is 6.31. The standard InChI is InChI=1S/C16H23ClN2O2S/c1-16(2,3)15(21)19-9-8-14(20)18-10-11-22-13-6-4-12(17)5-7-13/h4-7H,8-11H2,1-3H3,(H,18,20)(H,19,21). The summed E-state index contributed by atoms with van der Waals surface area (Å²) < 4.78 is 0. The lowest BCUT2D eigenvalue weighted by atomic mass is 9.96. The van der Waals surface area contributed by atoms with E-state index in [0.29, 0.717) is 19.5 Å². The molecule has 4 nitrogen and oxygen atoms in total. The third kappa shape index (κ3) is 7.71. The summed E-state index contributed by atoms with van der Waals surface area (Å²) in [6, 6.07) is 7.61. The van der Waals surface area contributed by atoms with Gasteiger partial charge in [0.25, 0.3) is 0 Å². The number of rotatable bonds is 7. The maximum absolute atomic E-state index is 11.6. The van der Waals surface area contributed by atoms with Gasteiger partial charge in [-0.3, -0.25) is 9.59 Å². The van der Waals surface area contributed by atoms with E-state index in [1.807, 2.05) is 45.0 Å². The van der Waals surface area contributed by atoms with Gasteiger partial charge in [-0.1, -0.05) is 32.4 Å². The van der Waals surface area contributed by atoms with Gasteiger partial charge in [0, 0.05) is 40.6 Å². The van der Waals surface area contributed by atoms with Crippen LogP contribution >= 0.6 is 23.4 Å². The van der Waals surface area contributed by atoms with E-state index in [1.54, 1.807) is 11.8 Å². The number of carbonyl (C=O) groups is 2. The summed E-state index contributed by atoms with van der Waals surface area (Å²) in [6.45, 7) is 6.49. The molecule has 0 aliphatic rings. The van der Waals surface area contributed by atoms with Crippen molar-refractivity contribution in [2.24, 2.45) is 5.41 Å². The summed E-state index contributed by atoms with van der Waals surface area (Å²) in [5.41, 5.74) is -0.425. The first-order valence-corrected chi connectivity index (χ1v) is 8.59. The van der Waals surface area contributed by atoms with Crippen molar-refractivity contribution in [3.8, 4) is 0 Å². The molecule has 0 spiro atoms. The molecular weight excluding hydrogens is 320 g/mol. The van der Waals surface area contributed by atoms with Gasteiger partial charge in [-0.25, -0.2) is 0 Å². The van der Waals surface area contributed by atoms with Crippen LogP contribution < -0.4 is 10.6 Å². The van der Waals surface area contributed by atoms with Gasteiger partial charge in [0.05, 0.1) is 0 Å². The Kier molecular flexibility index (Phi) is 7.76. The molecule has 122 valence electrons. The van der Waals surface area contributed by atoms with Gasteiger partial charge in [0.2, 0.25) is 11.8 Å². The van der Waals surface area contributed by atoms with Gasteiger partial charge in [-0.15, -0.1) is 11.8 Å². The average Bonchev–Trinajstić information content (AvgIpc) is 2.44. The molecule has 0 atom stereocenters. The molecule has 0 radical (unpaired) electrons. The SMILES string of the molecule is CC(C)(C)C(=O)NCCC(=O)NCCSc1ccc(Cl)cc1. The lowest BCUT2D eigenvalue weighted by Gasteiger charge is -2.17. The van der Waals surface area contributed by atoms with Crippen LogP contribution in [0.5, 0.6) is 0 Å². The molecule has 0 heterocycles. The second kappa shape index (κ2) is 9.06. The van der Waals surface area contributed by atoms with E-state index in [9.17, 15) is 9.59 Å². The van der Waals surface area contributed by atoms with E-state index in [0.717, 1.165) is 15.7 Å². The molecule has 0 aromatic heterocycles. The molecule has 2 amide bonds. The number of nitrogens with one attached hydrogen (secondary N) is 2. The highest BCUT2D eigenvalue weighted by atomic mass is 35.5. The number of benzene rings is 1. The molecule has 6 heteroatoms. The number of carbonyl (C=O) groups excluding carboxylic acids is 2. The molecule has 0 unspecified atom stereocenters. The van der Waals surface area contributed by atoms with E-state index in [-0.39, 0.29) is 11.8 Å². The topological polar surface area (TPSA) is 58.2 Å². The highest BCUT2D eigenvalue weighted by Gasteiger charge is 2.20. The molecule has 0 saturated heterocycles. The van der Waals surface area contributed by atoms with Crippen molar-refractivity contribution in [1.82, 2.24) is 10.6 Å². The Bertz CT molecular complexity index is 498. The Balaban J connectivity index is 2.11. The fourth-order valence-corrected chi connectivity index (χ4v) is 2.43. The summed E-state index contributed by atoms with van der Waals surface area (Å²) in [6.07, 6.45) is 0.299. The summed E-state index contributed by atoms with van der Waals surface area (Å²) in [5.74, 6) is 0.700. The zero-order valence-corrected chi connectivity index (χ0v) is 14.8. The van der Waals surface area contributed by atoms with Crippen molar-refractivity contribution in [2.45, 2.75) is 32.1 Å². The minimum absolute atomic E-state index is 0.0430. The molecule has 1 aromatic rings. The molecule has 1 rings (SSSR count). The zero-order valence-electron chi connectivity index (χ0n) is 13.2. The van der Waals surface area contributed by atoms with E-state index < -0.39 is 5.41 Å². The molecule has 2 N–H and O–H groups in total. The van der Waals surface area contributed by atoms with Gasteiger partial charge < -0.3 is 10.6 Å². The van der Waals surface area contributed by atoms with Crippen molar-refractivity contribution in [3.63, 3.8) is 0 Å². The van der Waals surface area contributed by atoms with Crippen molar-refractivity contribution < 1.29 is 9.59 Å². The van der Waals surface area contributed by atoms with Crippen LogP contribution in [0.2, 0.25) is 5.02 Å². The monoisotopic (exact) mass is 342 g/mol. The van der Waals surface area contributed by atoms with Crippen molar-refractivity contribution >= 4 is 35.2 Å². The minimum atomic E-state index is -0.425. The Labute approximate surface area is 141 Å². The number of thioether (sulfide) groups is 1. The minimum Gasteiger partial charge on any atom is -0.355 e. The molecule has 0 saturated carbocycles. The summed E-state index contributed by atoms with van der Waals surface area (Å²) in [4.78, 5) is 24.4. The first-order chi connectivity index (χ1) is 10.3. The Morgan fingerprint density at radius 1 is 1.09 bits per heavy atom. The van der Waals surface area contributed by atoms with E-state index in [2.05, 4.69) is 10.6 Å². The van der Waals surface area contributed by atoms with Gasteiger partial charge >= 0.3 is 0 Å². The molecule has 1 aromatic carbocycles. The van der Waals surface area contributed by atoms with Crippen LogP contribution in [0.4, 0.5) is 0 Å². The van der Waals surface area contributed by atoms with Crippen LogP contribution in [0.1, 0.15) is 27.2 Å². The largest absolute Gasteiger partial charge is 0.355 e. The molecule has 0 aliphatic carbocycles. The zero-order chi connectivity index (χ0) is 16.6. The molecular formula is C16H23ClN2O2S. The number of hydrogen-bond donors (Lipinski definition) is 2. The normalized spacial score (nSPS) is 11.1. The molecule has 0 bridgehead atoms. The van der Waals surface area contributed by atoms with Crippen LogP contribution in [0, 0.1) is 5.41 Å². The van der Waals surface area contributed by atoms with E-state index in [1.165, 1.54) is 0 Å². The first kappa shape index (κ1) is 18.8. The maximum Gasteiger partial charge on any atom is 0.225 e. The Morgan fingerprint density at radius 2 is 1.73 bits per heavy atom. The average molecular weight is 343 g/mol. The van der Waals surface area contributed by atoms with Gasteiger partial charge in [0.15, 0.2) is 0 Å². The fraction of sp³-hybridized carbons (Fsp3) is 0.500. The van der Waals surface area contributed by atoms with Crippen LogP contribution in [0.15, 0.2) is 29.2 Å². The first-order valence-electron chi connectivity index (χ1n) is 7.22. The lowest BCUT2D eigenvalue weighted by molar-refractivity contribution is -0.128. The van der Waals surface area contributed by atoms with Gasteiger partial charge in [0.1, 0.15) is 0 Å². The summed E-state index contributed by atoms with van der Waals surface area (Å²) in [7, 11) is 0. The Morgan fingerprint density at radius 3 is 2.32 bits per heavy atom. The van der Waals surface area contributed by atoms with E-state index in [4.69, 9.17) is 11.6 Å². The number of amides is 2. The summed E-state index contributed by atoms with van der Waals surface area (Å²) >= 11 is 7.48. The smallest absolute Gasteiger partial charge is 0.225 e. The number of hydrogen-bond acceptors (Lipinski definition) is 3. The Hall–Kier alpha value is -1.20. The lowest BCUT2D eigenvalue weighted by Crippen LogP contribution is -2.37. The molecule has 22 heavy (non-hydrogen) atoms. The van der Waals surface area contributed by atoms with Crippen LogP contribution in [-0.4, -0.2) is 30.7 Å². The van der Waals surface area contributed by atoms with Crippen LogP contribution in [-0.2, 0) is 9.59 Å². The fourth-order valence-electron chi connectivity index (χ4n) is 1.53. The van der Waals surface area contributed by atoms with E-state index >= 15 is 0 Å². The third-order valence-corrected chi connectivity index (χ3v) is 4.09.